The summed E-state index contributed by atoms with van der Waals surface area (Å²) in [7, 11) is 0. The highest BCUT2D eigenvalue weighted by atomic mass is 35.5. The number of imide groups is 1. The quantitative estimate of drug-likeness (QED) is 0.439. The number of rotatable bonds is 6. The van der Waals surface area contributed by atoms with Gasteiger partial charge in [-0.3, -0.25) is 29.4 Å². The number of carbonyl (C=O) groups is 3. The zero-order chi connectivity index (χ0) is 19.6. The number of nitro benzene ring substituents is 1. The zero-order valence-corrected chi connectivity index (χ0v) is 15.7. The van der Waals surface area contributed by atoms with Crippen molar-refractivity contribution in [1.29, 1.82) is 0 Å². The average molecular weight is 410 g/mol. The summed E-state index contributed by atoms with van der Waals surface area (Å²) in [6.07, 6.45) is 4.22. The molecule has 0 radical (unpaired) electrons. The van der Waals surface area contributed by atoms with Gasteiger partial charge in [0, 0.05) is 25.1 Å². The van der Waals surface area contributed by atoms with E-state index in [2.05, 4.69) is 5.32 Å². The van der Waals surface area contributed by atoms with Crippen molar-refractivity contribution in [1.82, 2.24) is 10.2 Å². The SMILES string of the molecule is O=C(NCCN1C(=O)S/C(=C/c2ccc(Cl)c([N+](=O)[O-])c2)C1=O)C1CCC1. The van der Waals surface area contributed by atoms with Crippen LogP contribution in [-0.4, -0.2) is 40.0 Å². The third kappa shape index (κ3) is 4.30. The zero-order valence-electron chi connectivity index (χ0n) is 14.1. The van der Waals surface area contributed by atoms with Crippen molar-refractivity contribution in [3.05, 3.63) is 43.8 Å². The second-order valence-electron chi connectivity index (χ2n) is 6.22. The molecule has 3 rings (SSSR count). The van der Waals surface area contributed by atoms with Crippen molar-refractivity contribution < 1.29 is 19.3 Å². The first-order valence-electron chi connectivity index (χ1n) is 8.34. The van der Waals surface area contributed by atoms with E-state index in [4.69, 9.17) is 11.6 Å². The van der Waals surface area contributed by atoms with E-state index in [-0.39, 0.29) is 40.5 Å². The molecular formula is C17H16ClN3O5S. The van der Waals surface area contributed by atoms with Crippen molar-refractivity contribution in [3.63, 3.8) is 0 Å². The molecule has 2 fully saturated rings. The summed E-state index contributed by atoms with van der Waals surface area (Å²) in [5.74, 6) is -0.488. The fraction of sp³-hybridized carbons (Fsp3) is 0.353. The number of amides is 3. The monoisotopic (exact) mass is 409 g/mol. The first kappa shape index (κ1) is 19.4. The van der Waals surface area contributed by atoms with E-state index in [9.17, 15) is 24.5 Å². The van der Waals surface area contributed by atoms with Crippen molar-refractivity contribution >= 4 is 52.2 Å². The lowest BCUT2D eigenvalue weighted by atomic mass is 9.85. The molecule has 0 atom stereocenters. The maximum absolute atomic E-state index is 12.4. The van der Waals surface area contributed by atoms with Crippen molar-refractivity contribution in [2.45, 2.75) is 19.3 Å². The molecule has 1 N–H and O–H groups in total. The molecule has 0 aromatic heterocycles. The lowest BCUT2D eigenvalue weighted by Crippen LogP contribution is -2.40. The minimum atomic E-state index is -0.615. The van der Waals surface area contributed by atoms with Crippen LogP contribution in [0.3, 0.4) is 0 Å². The highest BCUT2D eigenvalue weighted by Gasteiger charge is 2.35. The maximum Gasteiger partial charge on any atom is 0.293 e. The fourth-order valence-electron chi connectivity index (χ4n) is 2.71. The maximum atomic E-state index is 12.4. The van der Waals surface area contributed by atoms with Crippen LogP contribution in [0, 0.1) is 16.0 Å². The standard InChI is InChI=1S/C17H16ClN3O5S/c18-12-5-4-10(8-13(12)21(25)26)9-14-16(23)20(17(24)27-14)7-6-19-15(22)11-2-1-3-11/h4-5,8-9,11H,1-3,6-7H2,(H,19,22)/b14-9+. The summed E-state index contributed by atoms with van der Waals surface area (Å²) in [4.78, 5) is 47.9. The van der Waals surface area contributed by atoms with Gasteiger partial charge >= 0.3 is 0 Å². The third-order valence-corrected chi connectivity index (χ3v) is 5.68. The lowest BCUT2D eigenvalue weighted by Gasteiger charge is -2.24. The molecule has 1 aromatic carbocycles. The molecule has 1 aromatic rings. The van der Waals surface area contributed by atoms with Crippen molar-refractivity contribution in [2.75, 3.05) is 13.1 Å². The Balaban J connectivity index is 1.64. The summed E-state index contributed by atoms with van der Waals surface area (Å²) >= 11 is 6.53. The average Bonchev–Trinajstić information content (AvgIpc) is 2.82. The number of nitrogens with one attached hydrogen (secondary N) is 1. The van der Waals surface area contributed by atoms with Gasteiger partial charge in [-0.05, 0) is 42.3 Å². The Labute approximate surface area is 164 Å². The van der Waals surface area contributed by atoms with Gasteiger partial charge in [0.2, 0.25) is 5.91 Å². The number of carbonyl (C=O) groups excluding carboxylic acids is 3. The molecule has 0 spiro atoms. The van der Waals surface area contributed by atoms with E-state index >= 15 is 0 Å². The van der Waals surface area contributed by atoms with Gasteiger partial charge in [0.05, 0.1) is 9.83 Å². The van der Waals surface area contributed by atoms with Crippen molar-refractivity contribution in [2.24, 2.45) is 5.92 Å². The van der Waals surface area contributed by atoms with Crippen LogP contribution in [0.1, 0.15) is 24.8 Å². The first-order valence-corrected chi connectivity index (χ1v) is 9.53. The van der Waals surface area contributed by atoms with Gasteiger partial charge in [-0.1, -0.05) is 24.1 Å². The molecule has 1 aliphatic carbocycles. The van der Waals surface area contributed by atoms with E-state index in [0.717, 1.165) is 35.9 Å². The van der Waals surface area contributed by atoms with Crippen molar-refractivity contribution in [3.8, 4) is 0 Å². The van der Waals surface area contributed by atoms with Crippen LogP contribution in [0.25, 0.3) is 6.08 Å². The normalized spacial score (nSPS) is 18.7. The van der Waals surface area contributed by atoms with Crippen LogP contribution < -0.4 is 5.32 Å². The predicted octanol–water partition coefficient (Wildman–Crippen LogP) is 3.20. The van der Waals surface area contributed by atoms with E-state index in [1.54, 1.807) is 0 Å². The Morgan fingerprint density at radius 3 is 2.78 bits per heavy atom. The number of nitrogens with zero attached hydrogens (tertiary/aromatic N) is 2. The van der Waals surface area contributed by atoms with Crippen LogP contribution in [0.4, 0.5) is 10.5 Å². The smallest absolute Gasteiger partial charge is 0.293 e. The minimum Gasteiger partial charge on any atom is -0.354 e. The van der Waals surface area contributed by atoms with E-state index in [1.165, 1.54) is 24.3 Å². The summed E-state index contributed by atoms with van der Waals surface area (Å²) in [6, 6.07) is 4.14. The molecule has 0 bridgehead atoms. The first-order chi connectivity index (χ1) is 12.9. The molecule has 1 aliphatic heterocycles. The second-order valence-corrected chi connectivity index (χ2v) is 7.62. The van der Waals surface area contributed by atoms with Gasteiger partial charge in [0.25, 0.3) is 16.8 Å². The number of benzene rings is 1. The van der Waals surface area contributed by atoms with Crippen LogP contribution in [0.15, 0.2) is 23.1 Å². The minimum absolute atomic E-state index is 0.00698. The van der Waals surface area contributed by atoms with Gasteiger partial charge in [-0.15, -0.1) is 0 Å². The number of thioether (sulfide) groups is 1. The summed E-state index contributed by atoms with van der Waals surface area (Å²) in [5.41, 5.74) is 0.123. The van der Waals surface area contributed by atoms with E-state index in [0.29, 0.717) is 5.56 Å². The summed E-state index contributed by atoms with van der Waals surface area (Å²) in [6.45, 7) is 0.286. The van der Waals surface area contributed by atoms with Gasteiger partial charge in [0.1, 0.15) is 5.02 Å². The molecule has 0 unspecified atom stereocenters. The molecule has 27 heavy (non-hydrogen) atoms. The molecular weight excluding hydrogens is 394 g/mol. The molecule has 1 saturated carbocycles. The summed E-state index contributed by atoms with van der Waals surface area (Å²) in [5, 5.41) is 13.3. The fourth-order valence-corrected chi connectivity index (χ4v) is 3.76. The number of hydrogen-bond acceptors (Lipinski definition) is 6. The Hall–Kier alpha value is -2.39. The van der Waals surface area contributed by atoms with E-state index in [1.807, 2.05) is 0 Å². The van der Waals surface area contributed by atoms with Crippen LogP contribution in [-0.2, 0) is 9.59 Å². The molecule has 142 valence electrons. The van der Waals surface area contributed by atoms with E-state index < -0.39 is 16.1 Å². The molecule has 2 aliphatic rings. The summed E-state index contributed by atoms with van der Waals surface area (Å²) < 4.78 is 0. The molecule has 1 saturated heterocycles. The van der Waals surface area contributed by atoms with Crippen LogP contribution in [0.2, 0.25) is 5.02 Å². The third-order valence-electron chi connectivity index (χ3n) is 4.45. The molecule has 1 heterocycles. The largest absolute Gasteiger partial charge is 0.354 e. The van der Waals surface area contributed by atoms with Gasteiger partial charge < -0.3 is 5.32 Å². The number of halogens is 1. The number of nitro groups is 1. The predicted molar refractivity (Wildman–Crippen MR) is 101 cm³/mol. The highest BCUT2D eigenvalue weighted by molar-refractivity contribution is 8.18. The lowest BCUT2D eigenvalue weighted by molar-refractivity contribution is -0.384. The second kappa shape index (κ2) is 8.10. The van der Waals surface area contributed by atoms with Gasteiger partial charge in [-0.25, -0.2) is 0 Å². The molecule has 8 nitrogen and oxygen atoms in total. The Kier molecular flexibility index (Phi) is 5.81. The Bertz CT molecular complexity index is 853. The number of hydrogen-bond donors (Lipinski definition) is 1. The van der Waals surface area contributed by atoms with Crippen LogP contribution >= 0.6 is 23.4 Å². The topological polar surface area (TPSA) is 110 Å². The van der Waals surface area contributed by atoms with Gasteiger partial charge in [0.15, 0.2) is 0 Å². The van der Waals surface area contributed by atoms with Gasteiger partial charge in [-0.2, -0.15) is 0 Å². The Morgan fingerprint density at radius 2 is 2.15 bits per heavy atom. The Morgan fingerprint density at radius 1 is 1.41 bits per heavy atom. The highest BCUT2D eigenvalue weighted by Crippen LogP contribution is 2.33. The molecule has 3 amide bonds. The molecule has 10 heteroatoms. The van der Waals surface area contributed by atoms with Crippen LogP contribution in [0.5, 0.6) is 0 Å².